The molecule has 1 N–H and O–H groups in total. The van der Waals surface area contributed by atoms with Crippen molar-refractivity contribution in [2.24, 2.45) is 7.05 Å². The number of benzene rings is 1. The van der Waals surface area contributed by atoms with Crippen molar-refractivity contribution >= 4 is 15.9 Å². The van der Waals surface area contributed by atoms with Crippen LogP contribution < -0.4 is 4.74 Å². The van der Waals surface area contributed by atoms with Gasteiger partial charge in [-0.15, -0.1) is 0 Å². The minimum Gasteiger partial charge on any atom is -0.485 e. The van der Waals surface area contributed by atoms with Crippen LogP contribution in [0.3, 0.4) is 0 Å². The smallest absolute Gasteiger partial charge is 0.130 e. The van der Waals surface area contributed by atoms with Crippen LogP contribution in [0.5, 0.6) is 5.75 Å². The van der Waals surface area contributed by atoms with Crippen LogP contribution in [0.2, 0.25) is 0 Å². The second kappa shape index (κ2) is 4.65. The largest absolute Gasteiger partial charge is 0.485 e. The van der Waals surface area contributed by atoms with Crippen LogP contribution in [0.1, 0.15) is 35.4 Å². The molecule has 0 fully saturated rings. The molecule has 1 unspecified atom stereocenters. The van der Waals surface area contributed by atoms with Gasteiger partial charge in [0.15, 0.2) is 0 Å². The van der Waals surface area contributed by atoms with Gasteiger partial charge in [-0.25, -0.2) is 0 Å². The molecule has 0 spiro atoms. The summed E-state index contributed by atoms with van der Waals surface area (Å²) in [6.07, 6.45) is 1.72. The van der Waals surface area contributed by atoms with E-state index in [4.69, 9.17) is 4.74 Å². The minimum atomic E-state index is -0.508. The van der Waals surface area contributed by atoms with Gasteiger partial charge in [0.1, 0.15) is 11.9 Å². The molecule has 1 aromatic carbocycles. The monoisotopic (exact) mass is 322 g/mol. The van der Waals surface area contributed by atoms with Gasteiger partial charge in [-0.3, -0.25) is 4.68 Å². The molecule has 2 atom stereocenters. The van der Waals surface area contributed by atoms with E-state index >= 15 is 0 Å². The Morgan fingerprint density at radius 3 is 2.89 bits per heavy atom. The third-order valence-corrected chi connectivity index (χ3v) is 4.15. The lowest BCUT2D eigenvalue weighted by atomic mass is 9.95. The van der Waals surface area contributed by atoms with Crippen molar-refractivity contribution in [3.63, 3.8) is 0 Å². The van der Waals surface area contributed by atoms with Crippen LogP contribution >= 0.6 is 15.9 Å². The van der Waals surface area contributed by atoms with E-state index in [0.717, 1.165) is 27.0 Å². The van der Waals surface area contributed by atoms with Crippen LogP contribution in [-0.4, -0.2) is 14.9 Å². The zero-order chi connectivity index (χ0) is 13.6. The minimum absolute atomic E-state index is 0.141. The van der Waals surface area contributed by atoms with E-state index < -0.39 is 6.10 Å². The van der Waals surface area contributed by atoms with Gasteiger partial charge in [-0.2, -0.15) is 5.10 Å². The van der Waals surface area contributed by atoms with Gasteiger partial charge in [0.25, 0.3) is 0 Å². The Bertz CT molecular complexity index is 624. The van der Waals surface area contributed by atoms with Crippen LogP contribution in [0, 0.1) is 6.92 Å². The summed E-state index contributed by atoms with van der Waals surface area (Å²) in [4.78, 5) is 0. The highest BCUT2D eigenvalue weighted by atomic mass is 79.9. The Morgan fingerprint density at radius 2 is 2.21 bits per heavy atom. The highest BCUT2D eigenvalue weighted by Crippen LogP contribution is 2.42. The highest BCUT2D eigenvalue weighted by Gasteiger charge is 2.30. The van der Waals surface area contributed by atoms with Gasteiger partial charge < -0.3 is 9.84 Å². The summed E-state index contributed by atoms with van der Waals surface area (Å²) in [6.45, 7) is 2.01. The Hall–Kier alpha value is -1.33. The molecule has 2 aromatic rings. The Labute approximate surface area is 120 Å². The van der Waals surface area contributed by atoms with Crippen LogP contribution in [0.4, 0.5) is 0 Å². The zero-order valence-electron chi connectivity index (χ0n) is 10.8. The summed E-state index contributed by atoms with van der Waals surface area (Å²) < 4.78 is 8.77. The molecule has 1 aliphatic rings. The number of hydrogen-bond acceptors (Lipinski definition) is 3. The number of aliphatic hydroxyl groups is 1. The summed E-state index contributed by atoms with van der Waals surface area (Å²) in [7, 11) is 1.91. The van der Waals surface area contributed by atoms with Crippen molar-refractivity contribution in [1.82, 2.24) is 9.78 Å². The SMILES string of the molecule is Cc1c(C2C[C@H](O)c3cc(Br)ccc3O2)cnn1C. The molecule has 19 heavy (non-hydrogen) atoms. The predicted molar refractivity (Wildman–Crippen MR) is 75.0 cm³/mol. The lowest BCUT2D eigenvalue weighted by molar-refractivity contribution is 0.0653. The van der Waals surface area contributed by atoms with Gasteiger partial charge in [0, 0.05) is 34.8 Å². The second-order valence-corrected chi connectivity index (χ2v) is 5.76. The van der Waals surface area contributed by atoms with E-state index in [1.165, 1.54) is 0 Å². The zero-order valence-corrected chi connectivity index (χ0v) is 12.4. The average molecular weight is 323 g/mol. The average Bonchev–Trinajstić information content (AvgIpc) is 2.71. The number of fused-ring (bicyclic) bond motifs is 1. The number of aromatic nitrogens is 2. The molecular formula is C14H15BrN2O2. The number of nitrogens with zero attached hydrogens (tertiary/aromatic N) is 2. The molecule has 4 nitrogen and oxygen atoms in total. The van der Waals surface area contributed by atoms with Gasteiger partial charge in [0.2, 0.25) is 0 Å². The Morgan fingerprint density at radius 1 is 1.42 bits per heavy atom. The number of ether oxygens (including phenoxy) is 1. The number of rotatable bonds is 1. The van der Waals surface area contributed by atoms with Crippen molar-refractivity contribution < 1.29 is 9.84 Å². The summed E-state index contributed by atoms with van der Waals surface area (Å²) in [5, 5.41) is 14.5. The molecule has 0 amide bonds. The standard InChI is InChI=1S/C14H15BrN2O2/c1-8-11(7-16-17(8)2)14-6-12(18)10-5-9(15)3-4-13(10)19-14/h3-5,7,12,14,18H,6H2,1-2H3/t12-,14?/m0/s1. The molecule has 0 saturated carbocycles. The summed E-state index contributed by atoms with van der Waals surface area (Å²) in [5.74, 6) is 0.746. The first-order chi connectivity index (χ1) is 9.06. The molecular weight excluding hydrogens is 308 g/mol. The summed E-state index contributed by atoms with van der Waals surface area (Å²) >= 11 is 3.41. The highest BCUT2D eigenvalue weighted by molar-refractivity contribution is 9.10. The Kier molecular flexibility index (Phi) is 3.11. The third kappa shape index (κ3) is 2.17. The molecule has 1 aliphatic heterocycles. The molecule has 0 radical (unpaired) electrons. The molecule has 1 aromatic heterocycles. The van der Waals surface area contributed by atoms with Crippen LogP contribution in [-0.2, 0) is 7.05 Å². The molecule has 5 heteroatoms. The lowest BCUT2D eigenvalue weighted by Gasteiger charge is -2.29. The summed E-state index contributed by atoms with van der Waals surface area (Å²) in [5.41, 5.74) is 2.94. The van der Waals surface area contributed by atoms with Gasteiger partial charge in [0.05, 0.1) is 12.3 Å². The van der Waals surface area contributed by atoms with Gasteiger partial charge in [-0.1, -0.05) is 15.9 Å². The third-order valence-electron chi connectivity index (χ3n) is 3.66. The van der Waals surface area contributed by atoms with E-state index in [-0.39, 0.29) is 6.10 Å². The molecule has 3 rings (SSSR count). The maximum Gasteiger partial charge on any atom is 0.130 e. The fourth-order valence-electron chi connectivity index (χ4n) is 2.44. The van der Waals surface area contributed by atoms with E-state index in [1.54, 1.807) is 0 Å². The van der Waals surface area contributed by atoms with E-state index in [0.29, 0.717) is 6.42 Å². The maximum absolute atomic E-state index is 10.3. The van der Waals surface area contributed by atoms with Crippen LogP contribution in [0.15, 0.2) is 28.9 Å². The first-order valence-corrected chi connectivity index (χ1v) is 6.98. The topological polar surface area (TPSA) is 47.3 Å². The van der Waals surface area contributed by atoms with E-state index in [2.05, 4.69) is 21.0 Å². The number of aliphatic hydroxyl groups excluding tert-OH is 1. The van der Waals surface area contributed by atoms with E-state index in [1.807, 2.05) is 43.0 Å². The van der Waals surface area contributed by atoms with E-state index in [9.17, 15) is 5.11 Å². The predicted octanol–water partition coefficient (Wildman–Crippen LogP) is 3.05. The second-order valence-electron chi connectivity index (χ2n) is 4.85. The normalized spacial score (nSPS) is 21.9. The Balaban J connectivity index is 1.97. The molecule has 0 bridgehead atoms. The van der Waals surface area contributed by atoms with Gasteiger partial charge in [-0.05, 0) is 25.1 Å². The first-order valence-electron chi connectivity index (χ1n) is 6.19. The molecule has 100 valence electrons. The maximum atomic E-state index is 10.3. The fourth-order valence-corrected chi connectivity index (χ4v) is 2.82. The first kappa shape index (κ1) is 12.7. The number of halogens is 1. The van der Waals surface area contributed by atoms with Crippen molar-refractivity contribution in [3.05, 3.63) is 45.7 Å². The van der Waals surface area contributed by atoms with Crippen molar-refractivity contribution in [2.45, 2.75) is 25.6 Å². The molecule has 2 heterocycles. The van der Waals surface area contributed by atoms with Crippen molar-refractivity contribution in [2.75, 3.05) is 0 Å². The quantitative estimate of drug-likeness (QED) is 0.877. The van der Waals surface area contributed by atoms with Crippen LogP contribution in [0.25, 0.3) is 0 Å². The number of hydrogen-bond donors (Lipinski definition) is 1. The summed E-state index contributed by atoms with van der Waals surface area (Å²) in [6, 6.07) is 5.72. The van der Waals surface area contributed by atoms with Crippen molar-refractivity contribution in [1.29, 1.82) is 0 Å². The fraction of sp³-hybridized carbons (Fsp3) is 0.357. The molecule has 0 saturated heterocycles. The van der Waals surface area contributed by atoms with Gasteiger partial charge >= 0.3 is 0 Å². The number of aryl methyl sites for hydroxylation is 1. The molecule has 0 aliphatic carbocycles. The lowest BCUT2D eigenvalue weighted by Crippen LogP contribution is -2.19. The van der Waals surface area contributed by atoms with Crippen molar-refractivity contribution in [3.8, 4) is 5.75 Å².